The van der Waals surface area contributed by atoms with Gasteiger partial charge in [0.05, 0.1) is 0 Å². The van der Waals surface area contributed by atoms with Crippen LogP contribution in [0, 0.1) is 0 Å². The molecular formula is C17H19N3. The van der Waals surface area contributed by atoms with E-state index in [0.29, 0.717) is 0 Å². The van der Waals surface area contributed by atoms with Crippen LogP contribution in [0.3, 0.4) is 0 Å². The molecule has 102 valence electrons. The summed E-state index contributed by atoms with van der Waals surface area (Å²) in [5.41, 5.74) is 4.95. The average molecular weight is 265 g/mol. The van der Waals surface area contributed by atoms with Gasteiger partial charge in [-0.3, -0.25) is 0 Å². The van der Waals surface area contributed by atoms with Crippen LogP contribution in [0.15, 0.2) is 54.7 Å². The highest BCUT2D eigenvalue weighted by molar-refractivity contribution is 5.82. The first-order valence-electron chi connectivity index (χ1n) is 6.89. The molecule has 0 aliphatic heterocycles. The quantitative estimate of drug-likeness (QED) is 0.660. The molecule has 3 nitrogen and oxygen atoms in total. The van der Waals surface area contributed by atoms with E-state index in [1.807, 2.05) is 7.05 Å². The van der Waals surface area contributed by atoms with Gasteiger partial charge in [0.1, 0.15) is 0 Å². The number of hydrogen-bond donors (Lipinski definition) is 3. The Morgan fingerprint density at radius 1 is 0.950 bits per heavy atom. The standard InChI is InChI=1S/C17H19N3/c1-18-15-8-6-13(7-9-15)10-19-11-14-12-20-17-5-3-2-4-16(14)17/h2-9,12,18-20H,10-11H2,1H3. The highest BCUT2D eigenvalue weighted by Gasteiger charge is 2.02. The molecule has 1 aromatic heterocycles. The van der Waals surface area contributed by atoms with Crippen molar-refractivity contribution in [1.82, 2.24) is 10.3 Å². The fourth-order valence-corrected chi connectivity index (χ4v) is 2.41. The monoisotopic (exact) mass is 265 g/mol. The van der Waals surface area contributed by atoms with Crippen LogP contribution in [-0.4, -0.2) is 12.0 Å². The molecule has 0 amide bonds. The van der Waals surface area contributed by atoms with E-state index in [1.54, 1.807) is 0 Å². The minimum absolute atomic E-state index is 0.873. The molecule has 20 heavy (non-hydrogen) atoms. The Balaban J connectivity index is 1.62. The van der Waals surface area contributed by atoms with Crippen molar-refractivity contribution < 1.29 is 0 Å². The number of rotatable bonds is 5. The van der Waals surface area contributed by atoms with Gasteiger partial charge in [0, 0.05) is 42.9 Å². The van der Waals surface area contributed by atoms with Gasteiger partial charge in [0.2, 0.25) is 0 Å². The summed E-state index contributed by atoms with van der Waals surface area (Å²) >= 11 is 0. The lowest BCUT2D eigenvalue weighted by Crippen LogP contribution is -2.12. The molecule has 0 atom stereocenters. The van der Waals surface area contributed by atoms with Crippen LogP contribution in [-0.2, 0) is 13.1 Å². The van der Waals surface area contributed by atoms with E-state index in [1.165, 1.54) is 22.0 Å². The van der Waals surface area contributed by atoms with Crippen molar-refractivity contribution in [1.29, 1.82) is 0 Å². The van der Waals surface area contributed by atoms with Crippen LogP contribution in [0.2, 0.25) is 0 Å². The molecule has 0 spiro atoms. The van der Waals surface area contributed by atoms with Crippen molar-refractivity contribution in [2.45, 2.75) is 13.1 Å². The molecular weight excluding hydrogens is 246 g/mol. The zero-order valence-electron chi connectivity index (χ0n) is 11.6. The third-order valence-corrected chi connectivity index (χ3v) is 3.56. The number of nitrogens with one attached hydrogen (secondary N) is 3. The fraction of sp³-hybridized carbons (Fsp3) is 0.176. The second-order valence-corrected chi connectivity index (χ2v) is 4.91. The molecule has 0 unspecified atom stereocenters. The molecule has 3 rings (SSSR count). The van der Waals surface area contributed by atoms with E-state index < -0.39 is 0 Å². The molecule has 0 radical (unpaired) electrons. The lowest BCUT2D eigenvalue weighted by atomic mass is 10.1. The predicted octanol–water partition coefficient (Wildman–Crippen LogP) is 3.50. The lowest BCUT2D eigenvalue weighted by molar-refractivity contribution is 0.696. The molecule has 0 aliphatic carbocycles. The van der Waals surface area contributed by atoms with Gasteiger partial charge >= 0.3 is 0 Å². The number of aromatic amines is 1. The third kappa shape index (κ3) is 2.68. The second-order valence-electron chi connectivity index (χ2n) is 4.91. The van der Waals surface area contributed by atoms with Gasteiger partial charge in [-0.15, -0.1) is 0 Å². The van der Waals surface area contributed by atoms with E-state index in [-0.39, 0.29) is 0 Å². The van der Waals surface area contributed by atoms with Crippen molar-refractivity contribution >= 4 is 16.6 Å². The van der Waals surface area contributed by atoms with Crippen LogP contribution in [0.4, 0.5) is 5.69 Å². The highest BCUT2D eigenvalue weighted by Crippen LogP contribution is 2.17. The molecule has 0 aliphatic rings. The van der Waals surface area contributed by atoms with Crippen molar-refractivity contribution in [3.8, 4) is 0 Å². The van der Waals surface area contributed by atoms with Gasteiger partial charge in [-0.05, 0) is 29.3 Å². The van der Waals surface area contributed by atoms with Crippen molar-refractivity contribution in [3.05, 3.63) is 65.9 Å². The summed E-state index contributed by atoms with van der Waals surface area (Å²) in [4.78, 5) is 3.30. The first kappa shape index (κ1) is 12.8. The van der Waals surface area contributed by atoms with Crippen LogP contribution in [0.25, 0.3) is 10.9 Å². The summed E-state index contributed by atoms with van der Waals surface area (Å²) in [6, 6.07) is 16.9. The SMILES string of the molecule is CNc1ccc(CNCc2c[nH]c3ccccc23)cc1. The summed E-state index contributed by atoms with van der Waals surface area (Å²) in [6.07, 6.45) is 2.09. The molecule has 3 N–H and O–H groups in total. The Bertz CT molecular complexity index is 683. The van der Waals surface area contributed by atoms with Crippen molar-refractivity contribution in [2.75, 3.05) is 12.4 Å². The molecule has 3 aromatic rings. The van der Waals surface area contributed by atoms with E-state index in [4.69, 9.17) is 0 Å². The normalized spacial score (nSPS) is 10.8. The minimum atomic E-state index is 0.873. The van der Waals surface area contributed by atoms with E-state index in [2.05, 4.69) is 70.3 Å². The summed E-state index contributed by atoms with van der Waals surface area (Å²) in [5, 5.41) is 7.92. The van der Waals surface area contributed by atoms with Crippen molar-refractivity contribution in [3.63, 3.8) is 0 Å². The number of hydrogen-bond acceptors (Lipinski definition) is 2. The molecule has 2 aromatic carbocycles. The third-order valence-electron chi connectivity index (χ3n) is 3.56. The van der Waals surface area contributed by atoms with Gasteiger partial charge in [-0.25, -0.2) is 0 Å². The topological polar surface area (TPSA) is 39.8 Å². The number of fused-ring (bicyclic) bond motifs is 1. The highest BCUT2D eigenvalue weighted by atomic mass is 14.9. The maximum Gasteiger partial charge on any atom is 0.0457 e. The van der Waals surface area contributed by atoms with Crippen LogP contribution in [0.1, 0.15) is 11.1 Å². The Labute approximate surface area is 119 Å². The zero-order valence-corrected chi connectivity index (χ0v) is 11.6. The Morgan fingerprint density at radius 3 is 2.55 bits per heavy atom. The van der Waals surface area contributed by atoms with E-state index in [0.717, 1.165) is 18.8 Å². The zero-order chi connectivity index (χ0) is 13.8. The molecule has 0 saturated heterocycles. The lowest BCUT2D eigenvalue weighted by Gasteiger charge is -2.06. The van der Waals surface area contributed by atoms with E-state index in [9.17, 15) is 0 Å². The molecule has 1 heterocycles. The smallest absolute Gasteiger partial charge is 0.0457 e. The fourth-order valence-electron chi connectivity index (χ4n) is 2.41. The molecule has 0 fully saturated rings. The van der Waals surface area contributed by atoms with Crippen LogP contribution in [0.5, 0.6) is 0 Å². The average Bonchev–Trinajstić information content (AvgIpc) is 2.92. The Morgan fingerprint density at radius 2 is 1.75 bits per heavy atom. The summed E-state index contributed by atoms with van der Waals surface area (Å²) < 4.78 is 0. The largest absolute Gasteiger partial charge is 0.388 e. The molecule has 0 bridgehead atoms. The number of para-hydroxylation sites is 1. The second kappa shape index (κ2) is 5.80. The summed E-state index contributed by atoms with van der Waals surface area (Å²) in [6.45, 7) is 1.75. The first-order chi connectivity index (χ1) is 9.86. The number of anilines is 1. The minimum Gasteiger partial charge on any atom is -0.388 e. The van der Waals surface area contributed by atoms with Gasteiger partial charge in [0.15, 0.2) is 0 Å². The maximum atomic E-state index is 3.49. The number of H-pyrrole nitrogens is 1. The first-order valence-corrected chi connectivity index (χ1v) is 6.89. The molecule has 0 saturated carbocycles. The number of aromatic nitrogens is 1. The Hall–Kier alpha value is -2.26. The van der Waals surface area contributed by atoms with Gasteiger partial charge in [0.25, 0.3) is 0 Å². The summed E-state index contributed by atoms with van der Waals surface area (Å²) in [5.74, 6) is 0. The van der Waals surface area contributed by atoms with Gasteiger partial charge in [-0.2, -0.15) is 0 Å². The summed E-state index contributed by atoms with van der Waals surface area (Å²) in [7, 11) is 1.93. The maximum absolute atomic E-state index is 3.49. The number of benzene rings is 2. The van der Waals surface area contributed by atoms with Crippen LogP contribution < -0.4 is 10.6 Å². The predicted molar refractivity (Wildman–Crippen MR) is 84.8 cm³/mol. The van der Waals surface area contributed by atoms with Gasteiger partial charge < -0.3 is 15.6 Å². The van der Waals surface area contributed by atoms with Gasteiger partial charge in [-0.1, -0.05) is 30.3 Å². The van der Waals surface area contributed by atoms with Crippen molar-refractivity contribution in [2.24, 2.45) is 0 Å². The Kier molecular flexibility index (Phi) is 3.70. The van der Waals surface area contributed by atoms with Crippen LogP contribution >= 0.6 is 0 Å². The molecule has 3 heteroatoms. The van der Waals surface area contributed by atoms with E-state index >= 15 is 0 Å².